The molecule has 0 atom stereocenters. The Morgan fingerprint density at radius 1 is 1.30 bits per heavy atom. The van der Waals surface area contributed by atoms with Gasteiger partial charge in [-0.1, -0.05) is 6.07 Å². The maximum absolute atomic E-state index is 13.8. The van der Waals surface area contributed by atoms with Crippen molar-refractivity contribution in [3.8, 4) is 0 Å². The van der Waals surface area contributed by atoms with Crippen molar-refractivity contribution < 1.29 is 28.2 Å². The number of piperidine rings is 1. The van der Waals surface area contributed by atoms with Gasteiger partial charge in [-0.2, -0.15) is 0 Å². The topological polar surface area (TPSA) is 66.8 Å². The molecule has 1 saturated heterocycles. The molecule has 126 valence electrons. The lowest BCUT2D eigenvalue weighted by Gasteiger charge is -2.38. The first kappa shape index (κ1) is 17.2. The Bertz CT molecular complexity index is 598. The van der Waals surface area contributed by atoms with Gasteiger partial charge in [-0.25, -0.2) is 13.6 Å². The molecule has 0 spiro atoms. The highest BCUT2D eigenvalue weighted by molar-refractivity contribution is 5.76. The number of carboxylic acids is 1. The van der Waals surface area contributed by atoms with E-state index in [0.29, 0.717) is 0 Å². The third kappa shape index (κ3) is 3.78. The van der Waals surface area contributed by atoms with E-state index in [4.69, 9.17) is 4.74 Å². The number of ether oxygens (including phenoxy) is 1. The van der Waals surface area contributed by atoms with Crippen molar-refractivity contribution in [1.29, 1.82) is 0 Å². The average Bonchev–Trinajstić information content (AvgIpc) is 2.51. The van der Waals surface area contributed by atoms with Crippen molar-refractivity contribution in [3.05, 3.63) is 35.4 Å². The summed E-state index contributed by atoms with van der Waals surface area (Å²) in [4.78, 5) is 24.9. The third-order valence-corrected chi connectivity index (χ3v) is 4.24. The monoisotopic (exact) mass is 327 g/mol. The van der Waals surface area contributed by atoms with E-state index in [2.05, 4.69) is 0 Å². The van der Waals surface area contributed by atoms with E-state index in [0.717, 1.165) is 12.1 Å². The number of rotatable bonds is 4. The second-order valence-electron chi connectivity index (χ2n) is 5.68. The smallest absolute Gasteiger partial charge is 0.409 e. The summed E-state index contributed by atoms with van der Waals surface area (Å²) in [7, 11) is 0. The summed E-state index contributed by atoms with van der Waals surface area (Å²) in [6.07, 6.45) is -0.124. The summed E-state index contributed by atoms with van der Waals surface area (Å²) >= 11 is 0. The molecule has 1 aromatic rings. The quantitative estimate of drug-likeness (QED) is 0.923. The van der Waals surface area contributed by atoms with Crippen molar-refractivity contribution in [2.45, 2.75) is 26.2 Å². The molecule has 0 saturated carbocycles. The van der Waals surface area contributed by atoms with Gasteiger partial charge in [0.2, 0.25) is 0 Å². The van der Waals surface area contributed by atoms with E-state index in [9.17, 15) is 23.5 Å². The molecule has 2 rings (SSSR count). The molecule has 7 heteroatoms. The van der Waals surface area contributed by atoms with E-state index in [1.165, 1.54) is 11.0 Å². The van der Waals surface area contributed by atoms with E-state index in [1.54, 1.807) is 6.92 Å². The molecule has 1 aliphatic rings. The second kappa shape index (κ2) is 6.93. The first-order valence-corrected chi connectivity index (χ1v) is 7.47. The first-order chi connectivity index (χ1) is 10.9. The summed E-state index contributed by atoms with van der Waals surface area (Å²) in [6, 6.07) is 3.13. The number of aliphatic carboxylic acids is 1. The summed E-state index contributed by atoms with van der Waals surface area (Å²) in [5.74, 6) is -2.49. The molecule has 1 heterocycles. The fourth-order valence-corrected chi connectivity index (χ4v) is 2.83. The van der Waals surface area contributed by atoms with Gasteiger partial charge in [0.15, 0.2) is 0 Å². The highest BCUT2D eigenvalue weighted by atomic mass is 19.1. The fraction of sp³-hybridized carbons (Fsp3) is 0.500. The summed E-state index contributed by atoms with van der Waals surface area (Å²) in [5.41, 5.74) is -1.000. The Hall–Kier alpha value is -2.18. The number of carbonyl (C=O) groups excluding carboxylic acids is 1. The number of carboxylic acid groups (broad SMARTS) is 1. The van der Waals surface area contributed by atoms with Crippen LogP contribution >= 0.6 is 0 Å². The minimum Gasteiger partial charge on any atom is -0.481 e. The maximum Gasteiger partial charge on any atom is 0.409 e. The van der Waals surface area contributed by atoms with E-state index >= 15 is 0 Å². The summed E-state index contributed by atoms with van der Waals surface area (Å²) in [6.45, 7) is 2.41. The number of likely N-dealkylation sites (tertiary alicyclic amines) is 1. The number of benzene rings is 1. The van der Waals surface area contributed by atoms with Gasteiger partial charge in [0.25, 0.3) is 0 Å². The van der Waals surface area contributed by atoms with Crippen LogP contribution in [0.5, 0.6) is 0 Å². The van der Waals surface area contributed by atoms with E-state index < -0.39 is 29.1 Å². The predicted molar refractivity (Wildman–Crippen MR) is 78.0 cm³/mol. The molecule has 23 heavy (non-hydrogen) atoms. The highest BCUT2D eigenvalue weighted by Crippen LogP contribution is 2.36. The van der Waals surface area contributed by atoms with Crippen molar-refractivity contribution >= 4 is 12.1 Å². The molecule has 5 nitrogen and oxygen atoms in total. The van der Waals surface area contributed by atoms with Crippen LogP contribution in [-0.4, -0.2) is 41.8 Å². The molecule has 0 radical (unpaired) electrons. The van der Waals surface area contributed by atoms with Crippen LogP contribution in [0.2, 0.25) is 0 Å². The maximum atomic E-state index is 13.8. The van der Waals surface area contributed by atoms with Crippen LogP contribution in [0.4, 0.5) is 13.6 Å². The Kier molecular flexibility index (Phi) is 5.18. The van der Waals surface area contributed by atoms with Gasteiger partial charge >= 0.3 is 12.1 Å². The van der Waals surface area contributed by atoms with E-state index in [1.807, 2.05) is 0 Å². The van der Waals surface area contributed by atoms with Gasteiger partial charge in [-0.3, -0.25) is 4.79 Å². The van der Waals surface area contributed by atoms with Gasteiger partial charge < -0.3 is 14.7 Å². The normalized spacial score (nSPS) is 16.9. The molecular formula is C16H19F2NO4. The molecule has 1 fully saturated rings. The number of amides is 1. The molecule has 0 unspecified atom stereocenters. The molecule has 0 aliphatic carbocycles. The van der Waals surface area contributed by atoms with Gasteiger partial charge in [-0.05, 0) is 37.8 Å². The van der Waals surface area contributed by atoms with Gasteiger partial charge in [0, 0.05) is 19.2 Å². The number of halogens is 2. The first-order valence-electron chi connectivity index (χ1n) is 7.47. The van der Waals surface area contributed by atoms with Crippen LogP contribution in [0, 0.1) is 17.0 Å². The molecule has 0 bridgehead atoms. The minimum atomic E-state index is -1.17. The molecule has 1 amide bonds. The Morgan fingerprint density at radius 3 is 2.48 bits per heavy atom. The predicted octanol–water partition coefficient (Wildman–Crippen LogP) is 2.83. The number of carbonyl (C=O) groups is 2. The molecule has 1 N–H and O–H groups in total. The third-order valence-electron chi connectivity index (χ3n) is 4.24. The number of nitrogens with zero attached hydrogens (tertiary/aromatic N) is 1. The summed E-state index contributed by atoms with van der Waals surface area (Å²) in [5, 5.41) is 9.59. The van der Waals surface area contributed by atoms with Crippen LogP contribution in [0.1, 0.15) is 25.3 Å². The molecule has 1 aliphatic heterocycles. The molecular weight excluding hydrogens is 308 g/mol. The molecule has 0 aromatic heterocycles. The standard InChI is InChI=1S/C16H19F2NO4/c1-2-23-15(22)19-7-5-16(6-8-19,14(20)21)10-11-3-4-12(17)9-13(11)18/h3-4,9H,2,5-8,10H2,1H3,(H,20,21). The van der Waals surface area contributed by atoms with E-state index in [-0.39, 0.29) is 44.5 Å². The van der Waals surface area contributed by atoms with Crippen molar-refractivity contribution in [1.82, 2.24) is 4.90 Å². The average molecular weight is 327 g/mol. The van der Waals surface area contributed by atoms with Crippen molar-refractivity contribution in [2.24, 2.45) is 5.41 Å². The Morgan fingerprint density at radius 2 is 1.96 bits per heavy atom. The lowest BCUT2D eigenvalue weighted by Crippen LogP contribution is -2.47. The zero-order valence-corrected chi connectivity index (χ0v) is 12.8. The SMILES string of the molecule is CCOC(=O)N1CCC(Cc2ccc(F)cc2F)(C(=O)O)CC1. The lowest BCUT2D eigenvalue weighted by molar-refractivity contribution is -0.151. The second-order valence-corrected chi connectivity index (χ2v) is 5.68. The minimum absolute atomic E-state index is 0.0366. The molecule has 1 aromatic carbocycles. The van der Waals surface area contributed by atoms with Crippen molar-refractivity contribution in [3.63, 3.8) is 0 Å². The lowest BCUT2D eigenvalue weighted by atomic mass is 9.74. The highest BCUT2D eigenvalue weighted by Gasteiger charge is 2.43. The van der Waals surface area contributed by atoms with Gasteiger partial charge in [0.05, 0.1) is 12.0 Å². The van der Waals surface area contributed by atoms with Crippen LogP contribution in [0.15, 0.2) is 18.2 Å². The largest absolute Gasteiger partial charge is 0.481 e. The number of hydrogen-bond acceptors (Lipinski definition) is 3. The zero-order valence-electron chi connectivity index (χ0n) is 12.8. The Balaban J connectivity index is 2.13. The van der Waals surface area contributed by atoms with Crippen LogP contribution in [0.3, 0.4) is 0 Å². The summed E-state index contributed by atoms with van der Waals surface area (Å²) < 4.78 is 31.7. The van der Waals surface area contributed by atoms with Crippen molar-refractivity contribution in [2.75, 3.05) is 19.7 Å². The van der Waals surface area contributed by atoms with Crippen LogP contribution in [-0.2, 0) is 16.0 Å². The van der Waals surface area contributed by atoms with Crippen LogP contribution < -0.4 is 0 Å². The van der Waals surface area contributed by atoms with Gasteiger partial charge in [-0.15, -0.1) is 0 Å². The van der Waals surface area contributed by atoms with Gasteiger partial charge in [0.1, 0.15) is 11.6 Å². The zero-order chi connectivity index (χ0) is 17.0. The van der Waals surface area contributed by atoms with Crippen LogP contribution in [0.25, 0.3) is 0 Å². The number of hydrogen-bond donors (Lipinski definition) is 1. The Labute approximate surface area is 132 Å². The fourth-order valence-electron chi connectivity index (χ4n) is 2.83.